The van der Waals surface area contributed by atoms with Gasteiger partial charge in [0.15, 0.2) is 0 Å². The van der Waals surface area contributed by atoms with Gasteiger partial charge in [-0.1, -0.05) is 0 Å². The molecular formula is C11H10F3NO5. The van der Waals surface area contributed by atoms with Crippen LogP contribution in [0.4, 0.5) is 13.2 Å². The zero-order valence-electron chi connectivity index (χ0n) is 10.4. The number of rotatable bonds is 3. The van der Waals surface area contributed by atoms with Gasteiger partial charge in [-0.05, 0) is 13.8 Å². The largest absolute Gasteiger partial charge is 0.477 e. The van der Waals surface area contributed by atoms with Crippen LogP contribution in [0.2, 0.25) is 0 Å². The highest BCUT2D eigenvalue weighted by molar-refractivity contribution is 5.94. The normalized spacial score (nSPS) is 11.5. The molecule has 1 rings (SSSR count). The molecule has 0 amide bonds. The molecule has 0 saturated carbocycles. The third-order valence-corrected chi connectivity index (χ3v) is 2.14. The number of carbonyl (C=O) groups is 2. The molecule has 0 saturated heterocycles. The first kappa shape index (κ1) is 15.7. The van der Waals surface area contributed by atoms with E-state index in [-0.39, 0.29) is 0 Å². The van der Waals surface area contributed by atoms with Crippen molar-refractivity contribution in [3.63, 3.8) is 0 Å². The number of halogens is 3. The minimum absolute atomic E-state index is 0.488. The maximum atomic E-state index is 12.6. The number of aromatic nitrogens is 1. The molecule has 6 nitrogen and oxygen atoms in total. The van der Waals surface area contributed by atoms with Gasteiger partial charge in [0.25, 0.3) is 0 Å². The Balaban J connectivity index is 3.49. The van der Waals surface area contributed by atoms with Crippen LogP contribution in [-0.4, -0.2) is 28.1 Å². The van der Waals surface area contributed by atoms with E-state index < -0.39 is 46.5 Å². The maximum Gasteiger partial charge on any atom is 0.432 e. The molecule has 1 heterocycles. The lowest BCUT2D eigenvalue weighted by Gasteiger charge is -2.12. The van der Waals surface area contributed by atoms with Crippen LogP contribution >= 0.6 is 0 Å². The standard InChI is InChI=1S/C11H10F3NO5/c1-4(2)20-10(19)5-3-15-8(11(12,13)14)6(7(5)16)9(17)18/h3-4H,1-2H3,(H,15,16)(H,17,18). The second-order valence-corrected chi connectivity index (χ2v) is 4.04. The van der Waals surface area contributed by atoms with Crippen molar-refractivity contribution in [1.29, 1.82) is 0 Å². The van der Waals surface area contributed by atoms with Crippen LogP contribution in [0.25, 0.3) is 0 Å². The molecule has 0 aliphatic heterocycles. The molecule has 0 aliphatic rings. The minimum Gasteiger partial charge on any atom is -0.477 e. The smallest absolute Gasteiger partial charge is 0.432 e. The number of alkyl halides is 3. The molecule has 1 aromatic heterocycles. The molecule has 0 bridgehead atoms. The SMILES string of the molecule is CC(C)OC(=O)c1c[nH]c(C(F)(F)F)c(C(=O)O)c1=O. The fourth-order valence-corrected chi connectivity index (χ4v) is 1.39. The van der Waals surface area contributed by atoms with Crippen LogP contribution in [0.1, 0.15) is 40.3 Å². The summed E-state index contributed by atoms with van der Waals surface area (Å²) in [5, 5.41) is 8.73. The molecule has 0 fully saturated rings. The third-order valence-electron chi connectivity index (χ3n) is 2.14. The fraction of sp³-hybridized carbons (Fsp3) is 0.364. The average molecular weight is 293 g/mol. The van der Waals surface area contributed by atoms with Crippen molar-refractivity contribution in [3.8, 4) is 0 Å². The third kappa shape index (κ3) is 3.16. The van der Waals surface area contributed by atoms with E-state index in [1.165, 1.54) is 13.8 Å². The summed E-state index contributed by atoms with van der Waals surface area (Å²) in [5.74, 6) is -3.28. The molecule has 0 radical (unpaired) electrons. The summed E-state index contributed by atoms with van der Waals surface area (Å²) >= 11 is 0. The number of nitrogens with one attached hydrogen (secondary N) is 1. The lowest BCUT2D eigenvalue weighted by atomic mass is 10.1. The number of pyridine rings is 1. The summed E-state index contributed by atoms with van der Waals surface area (Å²) in [7, 11) is 0. The van der Waals surface area contributed by atoms with Crippen molar-refractivity contribution in [2.45, 2.75) is 26.1 Å². The Hall–Kier alpha value is -2.32. The highest BCUT2D eigenvalue weighted by Gasteiger charge is 2.39. The Bertz CT molecular complexity index is 603. The molecule has 0 aromatic carbocycles. The first-order valence-corrected chi connectivity index (χ1v) is 5.32. The number of H-pyrrole nitrogens is 1. The van der Waals surface area contributed by atoms with Crippen LogP contribution in [-0.2, 0) is 10.9 Å². The number of ether oxygens (including phenoxy) is 1. The lowest BCUT2D eigenvalue weighted by molar-refractivity contribution is -0.141. The summed E-state index contributed by atoms with van der Waals surface area (Å²) in [6.45, 7) is 2.93. The van der Waals surface area contributed by atoms with Crippen LogP contribution in [0.5, 0.6) is 0 Å². The maximum absolute atomic E-state index is 12.6. The van der Waals surface area contributed by atoms with Gasteiger partial charge in [-0.2, -0.15) is 13.2 Å². The number of esters is 1. The summed E-state index contributed by atoms with van der Waals surface area (Å²) in [4.78, 5) is 35.6. The molecule has 2 N–H and O–H groups in total. The highest BCUT2D eigenvalue weighted by Crippen LogP contribution is 2.29. The number of carboxylic acid groups (broad SMARTS) is 1. The molecule has 110 valence electrons. The van der Waals surface area contributed by atoms with Gasteiger partial charge in [-0.15, -0.1) is 0 Å². The Labute approximate surface area is 110 Å². The van der Waals surface area contributed by atoms with Gasteiger partial charge in [-0.25, -0.2) is 9.59 Å². The van der Waals surface area contributed by atoms with Crippen molar-refractivity contribution in [1.82, 2.24) is 4.98 Å². The van der Waals surface area contributed by atoms with Gasteiger partial charge in [0, 0.05) is 6.20 Å². The number of carboxylic acids is 1. The second-order valence-electron chi connectivity index (χ2n) is 4.04. The van der Waals surface area contributed by atoms with Gasteiger partial charge >= 0.3 is 18.1 Å². The highest BCUT2D eigenvalue weighted by atomic mass is 19.4. The number of hydrogen-bond donors (Lipinski definition) is 2. The zero-order valence-corrected chi connectivity index (χ0v) is 10.4. The summed E-state index contributed by atoms with van der Waals surface area (Å²) in [6, 6.07) is 0. The number of carbonyl (C=O) groups excluding carboxylic acids is 1. The van der Waals surface area contributed by atoms with Crippen molar-refractivity contribution in [2.24, 2.45) is 0 Å². The minimum atomic E-state index is -5.06. The van der Waals surface area contributed by atoms with Crippen molar-refractivity contribution >= 4 is 11.9 Å². The number of aromatic amines is 1. The van der Waals surface area contributed by atoms with E-state index in [1.807, 2.05) is 0 Å². The monoisotopic (exact) mass is 293 g/mol. The Kier molecular flexibility index (Phi) is 4.21. The molecular weight excluding hydrogens is 283 g/mol. The Morgan fingerprint density at radius 2 is 1.90 bits per heavy atom. The van der Waals surface area contributed by atoms with Crippen LogP contribution in [0, 0.1) is 0 Å². The van der Waals surface area contributed by atoms with Crippen LogP contribution in [0.3, 0.4) is 0 Å². The van der Waals surface area contributed by atoms with Crippen molar-refractivity contribution in [3.05, 3.63) is 33.2 Å². The van der Waals surface area contributed by atoms with E-state index in [2.05, 4.69) is 4.74 Å². The van der Waals surface area contributed by atoms with Gasteiger partial charge in [0.2, 0.25) is 5.43 Å². The van der Waals surface area contributed by atoms with Gasteiger partial charge in [0.05, 0.1) is 6.10 Å². The fourth-order valence-electron chi connectivity index (χ4n) is 1.39. The average Bonchev–Trinajstić information content (AvgIpc) is 2.25. The molecule has 20 heavy (non-hydrogen) atoms. The first-order valence-electron chi connectivity index (χ1n) is 5.32. The van der Waals surface area contributed by atoms with Crippen LogP contribution in [0.15, 0.2) is 11.0 Å². The van der Waals surface area contributed by atoms with E-state index in [0.29, 0.717) is 6.20 Å². The van der Waals surface area contributed by atoms with E-state index in [1.54, 1.807) is 4.98 Å². The summed E-state index contributed by atoms with van der Waals surface area (Å²) in [6.07, 6.45) is -5.19. The van der Waals surface area contributed by atoms with Gasteiger partial charge in [0.1, 0.15) is 16.8 Å². The van der Waals surface area contributed by atoms with Gasteiger partial charge < -0.3 is 14.8 Å². The van der Waals surface area contributed by atoms with Crippen LogP contribution < -0.4 is 5.43 Å². The summed E-state index contributed by atoms with van der Waals surface area (Å²) in [5.41, 5.74) is -5.62. The predicted molar refractivity (Wildman–Crippen MR) is 59.6 cm³/mol. The topological polar surface area (TPSA) is 96.5 Å². The summed E-state index contributed by atoms with van der Waals surface area (Å²) < 4.78 is 42.4. The van der Waals surface area contributed by atoms with E-state index in [4.69, 9.17) is 5.11 Å². The molecule has 0 unspecified atom stereocenters. The van der Waals surface area contributed by atoms with Gasteiger partial charge in [-0.3, -0.25) is 4.79 Å². The Morgan fingerprint density at radius 3 is 2.30 bits per heavy atom. The molecule has 1 aromatic rings. The van der Waals surface area contributed by atoms with Crippen molar-refractivity contribution < 1.29 is 32.6 Å². The predicted octanol–water partition coefficient (Wildman–Crippen LogP) is 1.66. The van der Waals surface area contributed by atoms with E-state index >= 15 is 0 Å². The van der Waals surface area contributed by atoms with Crippen molar-refractivity contribution in [2.75, 3.05) is 0 Å². The Morgan fingerprint density at radius 1 is 1.35 bits per heavy atom. The second kappa shape index (κ2) is 5.35. The number of hydrogen-bond acceptors (Lipinski definition) is 4. The molecule has 0 aliphatic carbocycles. The first-order chi connectivity index (χ1) is 9.05. The molecule has 0 spiro atoms. The quantitative estimate of drug-likeness (QED) is 0.826. The van der Waals surface area contributed by atoms with E-state index in [9.17, 15) is 27.6 Å². The molecule has 0 atom stereocenters. The lowest BCUT2D eigenvalue weighted by Crippen LogP contribution is -2.29. The zero-order chi connectivity index (χ0) is 15.7. The number of aromatic carboxylic acids is 1. The van der Waals surface area contributed by atoms with E-state index in [0.717, 1.165) is 0 Å². The molecule has 9 heteroatoms.